The minimum atomic E-state index is -2.99. The summed E-state index contributed by atoms with van der Waals surface area (Å²) in [6.07, 6.45) is 3.99. The van der Waals surface area contributed by atoms with Crippen LogP contribution in [0.25, 0.3) is 21.2 Å². The number of halogens is 2. The number of nitrogens with one attached hydrogen (secondary N) is 3. The summed E-state index contributed by atoms with van der Waals surface area (Å²) in [6.45, 7) is 3.87. The molecule has 0 radical (unpaired) electrons. The average Bonchev–Trinajstić information content (AvgIpc) is 3.26. The van der Waals surface area contributed by atoms with E-state index in [1.165, 1.54) is 11.3 Å². The highest BCUT2D eigenvalue weighted by molar-refractivity contribution is 7.86. The van der Waals surface area contributed by atoms with E-state index in [0.717, 1.165) is 47.2 Å². The number of aryl methyl sites for hydroxylation is 1. The second kappa shape index (κ2) is 10.9. The Hall–Kier alpha value is -3.15. The molecule has 1 aliphatic rings. The summed E-state index contributed by atoms with van der Waals surface area (Å²) in [5.41, 5.74) is 1.28. The van der Waals surface area contributed by atoms with E-state index in [4.69, 9.17) is 4.74 Å². The molecule has 1 aliphatic heterocycles. The first-order chi connectivity index (χ1) is 17.5. The van der Waals surface area contributed by atoms with Crippen LogP contribution >= 0.6 is 11.3 Å². The number of pyridine rings is 1. The highest BCUT2D eigenvalue weighted by atomic mass is 32.2. The van der Waals surface area contributed by atoms with E-state index in [0.29, 0.717) is 34.1 Å². The zero-order valence-electron chi connectivity index (χ0n) is 19.5. The third-order valence-corrected chi connectivity index (χ3v) is 7.58. The highest BCUT2D eigenvalue weighted by Gasteiger charge is 2.19. The van der Waals surface area contributed by atoms with Crippen LogP contribution in [0.5, 0.6) is 11.6 Å². The Morgan fingerprint density at radius 1 is 1.19 bits per heavy atom. The number of benzene rings is 2. The molecule has 0 saturated carbocycles. The van der Waals surface area contributed by atoms with Gasteiger partial charge in [-0.3, -0.25) is 4.72 Å². The average molecular weight is 530 g/mol. The fourth-order valence-electron chi connectivity index (χ4n) is 4.20. The molecule has 2 aromatic carbocycles. The standard InChI is InChI=1S/C25H25F2N5O2S2/c1-15-30-24(23(35-15)16-10-12-29-22(13-16)31-17-5-4-11-28-14-17)34-21-9-8-20(32-36(33)25(26)27)18-6-2-3-7-19(18)21/h2-3,6-10,12-13,17,25,28,32H,4-5,11,14H2,1H3,(H,29,31). The topological polar surface area (TPSA) is 88.2 Å². The molecule has 3 N–H and O–H groups in total. The van der Waals surface area contributed by atoms with Crippen LogP contribution in [0.2, 0.25) is 0 Å². The first-order valence-electron chi connectivity index (χ1n) is 11.5. The lowest BCUT2D eigenvalue weighted by atomic mass is 10.1. The molecule has 7 nitrogen and oxygen atoms in total. The molecule has 11 heteroatoms. The number of anilines is 2. The quantitative estimate of drug-likeness (QED) is 0.263. The van der Waals surface area contributed by atoms with Gasteiger partial charge in [0.15, 0.2) is 11.0 Å². The van der Waals surface area contributed by atoms with Crippen LogP contribution in [0.3, 0.4) is 0 Å². The van der Waals surface area contributed by atoms with Crippen molar-refractivity contribution in [2.24, 2.45) is 0 Å². The van der Waals surface area contributed by atoms with Gasteiger partial charge in [-0.15, -0.1) is 11.3 Å². The fourth-order valence-corrected chi connectivity index (χ4v) is 5.53. The molecule has 0 aliphatic carbocycles. The Balaban J connectivity index is 1.45. The molecular formula is C25H25F2N5O2S2. The van der Waals surface area contributed by atoms with Crippen LogP contribution in [-0.2, 0) is 11.0 Å². The summed E-state index contributed by atoms with van der Waals surface area (Å²) in [4.78, 5) is 9.96. The lowest BCUT2D eigenvalue weighted by Gasteiger charge is -2.24. The maximum Gasteiger partial charge on any atom is 0.330 e. The van der Waals surface area contributed by atoms with Crippen molar-refractivity contribution < 1.29 is 17.7 Å². The van der Waals surface area contributed by atoms with Gasteiger partial charge in [-0.05, 0) is 50.6 Å². The zero-order chi connectivity index (χ0) is 25.1. The summed E-state index contributed by atoms with van der Waals surface area (Å²) in [5.74, 6) is -1.22. The normalized spacial score (nSPS) is 16.7. The largest absolute Gasteiger partial charge is 0.437 e. The van der Waals surface area contributed by atoms with Crippen LogP contribution in [0.4, 0.5) is 20.3 Å². The molecule has 188 valence electrons. The van der Waals surface area contributed by atoms with E-state index in [2.05, 4.69) is 25.3 Å². The number of ether oxygens (including phenoxy) is 1. The van der Waals surface area contributed by atoms with Gasteiger partial charge in [-0.2, -0.15) is 8.78 Å². The van der Waals surface area contributed by atoms with Crippen LogP contribution in [-0.4, -0.2) is 39.1 Å². The minimum absolute atomic E-state index is 0.332. The Kier molecular flexibility index (Phi) is 7.40. The number of fused-ring (bicyclic) bond motifs is 1. The molecule has 2 unspecified atom stereocenters. The molecule has 0 spiro atoms. The second-order valence-electron chi connectivity index (χ2n) is 8.40. The molecule has 3 heterocycles. The van der Waals surface area contributed by atoms with Gasteiger partial charge in [0.25, 0.3) is 0 Å². The van der Waals surface area contributed by atoms with E-state index in [9.17, 15) is 13.0 Å². The molecule has 36 heavy (non-hydrogen) atoms. The van der Waals surface area contributed by atoms with Crippen molar-refractivity contribution in [1.82, 2.24) is 15.3 Å². The van der Waals surface area contributed by atoms with E-state index in [1.807, 2.05) is 31.2 Å². The van der Waals surface area contributed by atoms with Crippen LogP contribution in [0.1, 0.15) is 17.8 Å². The predicted octanol–water partition coefficient (Wildman–Crippen LogP) is 5.92. The van der Waals surface area contributed by atoms with Gasteiger partial charge in [0.05, 0.1) is 15.6 Å². The number of rotatable bonds is 8. The SMILES string of the molecule is Cc1nc(Oc2ccc(NS(=O)C(F)F)c3ccccc23)c(-c2ccnc(NC3CCCNC3)c2)s1. The van der Waals surface area contributed by atoms with Crippen molar-refractivity contribution >= 4 is 44.6 Å². The van der Waals surface area contributed by atoms with Gasteiger partial charge in [-0.1, -0.05) is 24.3 Å². The number of alkyl halides is 2. The van der Waals surface area contributed by atoms with Crippen molar-refractivity contribution in [3.05, 3.63) is 59.7 Å². The summed E-state index contributed by atoms with van der Waals surface area (Å²) in [5, 5.41) is 9.06. The summed E-state index contributed by atoms with van der Waals surface area (Å²) in [7, 11) is -2.50. The molecule has 2 aromatic heterocycles. The van der Waals surface area contributed by atoms with E-state index in [1.54, 1.807) is 30.5 Å². The number of aromatic nitrogens is 2. The summed E-state index contributed by atoms with van der Waals surface area (Å²) in [6, 6.07) is 14.7. The maximum absolute atomic E-state index is 12.8. The number of hydrogen-bond acceptors (Lipinski definition) is 7. The Labute approximate surface area is 213 Å². The number of thiazole rings is 1. The van der Waals surface area contributed by atoms with Crippen LogP contribution in [0.15, 0.2) is 54.7 Å². The van der Waals surface area contributed by atoms with Crippen molar-refractivity contribution in [2.45, 2.75) is 31.6 Å². The second-order valence-corrected chi connectivity index (χ2v) is 10.8. The number of nitrogens with zero attached hydrogens (tertiary/aromatic N) is 2. The van der Waals surface area contributed by atoms with Crippen molar-refractivity contribution in [1.29, 1.82) is 0 Å². The Morgan fingerprint density at radius 2 is 2.03 bits per heavy atom. The fraction of sp³-hybridized carbons (Fsp3) is 0.280. The third kappa shape index (κ3) is 5.48. The van der Waals surface area contributed by atoms with Gasteiger partial charge in [0, 0.05) is 35.1 Å². The predicted molar refractivity (Wildman–Crippen MR) is 141 cm³/mol. The molecular weight excluding hydrogens is 504 g/mol. The Morgan fingerprint density at radius 3 is 2.81 bits per heavy atom. The first-order valence-corrected chi connectivity index (χ1v) is 13.6. The molecule has 1 saturated heterocycles. The first kappa shape index (κ1) is 24.5. The molecule has 0 amide bonds. The van der Waals surface area contributed by atoms with Crippen LogP contribution in [0, 0.1) is 6.92 Å². The lowest BCUT2D eigenvalue weighted by Crippen LogP contribution is -2.38. The van der Waals surface area contributed by atoms with Gasteiger partial charge in [0.1, 0.15) is 11.6 Å². The maximum atomic E-state index is 12.8. The van der Waals surface area contributed by atoms with Gasteiger partial charge in [0.2, 0.25) is 5.88 Å². The number of piperidine rings is 1. The van der Waals surface area contributed by atoms with E-state index in [-0.39, 0.29) is 0 Å². The molecule has 2 atom stereocenters. The van der Waals surface area contributed by atoms with Gasteiger partial charge >= 0.3 is 5.76 Å². The number of hydrogen-bond donors (Lipinski definition) is 3. The van der Waals surface area contributed by atoms with E-state index >= 15 is 0 Å². The Bertz CT molecular complexity index is 1390. The highest BCUT2D eigenvalue weighted by Crippen LogP contribution is 2.41. The summed E-state index contributed by atoms with van der Waals surface area (Å²) < 4.78 is 46.1. The monoisotopic (exact) mass is 529 g/mol. The van der Waals surface area contributed by atoms with Crippen molar-refractivity contribution in [2.75, 3.05) is 23.1 Å². The minimum Gasteiger partial charge on any atom is -0.437 e. The molecule has 1 fully saturated rings. The van der Waals surface area contributed by atoms with E-state index < -0.39 is 16.7 Å². The smallest absolute Gasteiger partial charge is 0.330 e. The van der Waals surface area contributed by atoms with Gasteiger partial charge < -0.3 is 15.4 Å². The zero-order valence-corrected chi connectivity index (χ0v) is 21.1. The molecule has 4 aromatic rings. The summed E-state index contributed by atoms with van der Waals surface area (Å²) >= 11 is 1.52. The molecule has 0 bridgehead atoms. The van der Waals surface area contributed by atoms with Gasteiger partial charge in [-0.25, -0.2) is 14.2 Å². The molecule has 5 rings (SSSR count). The third-order valence-electron chi connectivity index (χ3n) is 5.84. The van der Waals surface area contributed by atoms with Crippen molar-refractivity contribution in [3.63, 3.8) is 0 Å². The van der Waals surface area contributed by atoms with Crippen molar-refractivity contribution in [3.8, 4) is 22.1 Å². The van der Waals surface area contributed by atoms with Crippen LogP contribution < -0.4 is 20.1 Å². The lowest BCUT2D eigenvalue weighted by molar-refractivity contribution is 0.244.